The molecule has 1 aliphatic heterocycles. The molecule has 0 bridgehead atoms. The van der Waals surface area contributed by atoms with Crippen LogP contribution in [0.15, 0.2) is 60.8 Å². The highest BCUT2D eigenvalue weighted by molar-refractivity contribution is 9.15. The van der Waals surface area contributed by atoms with E-state index in [1.54, 1.807) is 30.3 Å². The van der Waals surface area contributed by atoms with Crippen LogP contribution in [0.25, 0.3) is 4.48 Å². The Morgan fingerprint density at radius 2 is 1.55 bits per heavy atom. The van der Waals surface area contributed by atoms with Gasteiger partial charge in [-0.05, 0) is 40.9 Å². The normalized spacial score (nSPS) is 18.1. The number of amides is 1. The summed E-state index contributed by atoms with van der Waals surface area (Å²) in [7, 11) is 2.03. The summed E-state index contributed by atoms with van der Waals surface area (Å²) in [5.74, 6) is -2.06. The average Bonchev–Trinajstić information content (AvgIpc) is 2.78. The van der Waals surface area contributed by atoms with Crippen molar-refractivity contribution in [1.29, 1.82) is 0 Å². The zero-order chi connectivity index (χ0) is 24.6. The van der Waals surface area contributed by atoms with E-state index >= 15 is 0 Å². The van der Waals surface area contributed by atoms with Gasteiger partial charge in [0, 0.05) is 23.4 Å². The maximum absolute atomic E-state index is 14.6. The Morgan fingerprint density at radius 3 is 2.09 bits per heavy atom. The molecule has 1 heterocycles. The van der Waals surface area contributed by atoms with Crippen LogP contribution in [0.1, 0.15) is 36.6 Å². The molecular formula is C24H23BrF3NO4. The van der Waals surface area contributed by atoms with Crippen LogP contribution in [0.5, 0.6) is 0 Å². The molecule has 33 heavy (non-hydrogen) atoms. The van der Waals surface area contributed by atoms with Crippen molar-refractivity contribution in [2.24, 2.45) is 5.41 Å². The highest BCUT2D eigenvalue weighted by atomic mass is 79.9. The highest BCUT2D eigenvalue weighted by Gasteiger charge is 2.65. The third-order valence-electron chi connectivity index (χ3n) is 5.86. The molecule has 2 aromatic carbocycles. The molecule has 0 saturated carbocycles. The van der Waals surface area contributed by atoms with Crippen LogP contribution < -0.4 is 0 Å². The van der Waals surface area contributed by atoms with Gasteiger partial charge in [-0.3, -0.25) is 9.59 Å². The third-order valence-corrected chi connectivity index (χ3v) is 6.49. The summed E-state index contributed by atoms with van der Waals surface area (Å²) in [6.45, 7) is 3.05. The number of rotatable bonds is 5. The number of carbonyl (C=O) groups excluding carboxylic acids is 2. The van der Waals surface area contributed by atoms with E-state index in [1.165, 1.54) is 51.4 Å². The number of halogens is 4. The fourth-order valence-corrected chi connectivity index (χ4v) is 4.82. The van der Waals surface area contributed by atoms with Crippen molar-refractivity contribution in [3.63, 3.8) is 0 Å². The molecule has 0 aromatic heterocycles. The van der Waals surface area contributed by atoms with Crippen molar-refractivity contribution in [1.82, 2.24) is 4.90 Å². The van der Waals surface area contributed by atoms with Gasteiger partial charge in [-0.2, -0.15) is 13.2 Å². The SMILES string of the molecule is COC(=O)C(C)(C)C1c2ccccc2C(Br)=CN1C(=O)[C@](OC)(c1ccccc1)C(F)(F)F. The first-order valence-electron chi connectivity index (χ1n) is 9.98. The molecule has 2 atom stereocenters. The number of ether oxygens (including phenoxy) is 2. The van der Waals surface area contributed by atoms with E-state index < -0.39 is 35.1 Å². The van der Waals surface area contributed by atoms with Crippen LogP contribution in [0.2, 0.25) is 0 Å². The molecule has 176 valence electrons. The number of benzene rings is 2. The van der Waals surface area contributed by atoms with E-state index in [-0.39, 0.29) is 5.56 Å². The minimum Gasteiger partial charge on any atom is -0.469 e. The van der Waals surface area contributed by atoms with Gasteiger partial charge in [0.2, 0.25) is 0 Å². The van der Waals surface area contributed by atoms with Crippen molar-refractivity contribution >= 4 is 32.3 Å². The number of carbonyl (C=O) groups is 2. The Kier molecular flexibility index (Phi) is 6.77. The molecule has 5 nitrogen and oxygen atoms in total. The van der Waals surface area contributed by atoms with Crippen LogP contribution in [-0.4, -0.2) is 37.2 Å². The fraction of sp³-hybridized carbons (Fsp3) is 0.333. The predicted octanol–water partition coefficient (Wildman–Crippen LogP) is 5.57. The first-order valence-corrected chi connectivity index (χ1v) is 10.8. The maximum Gasteiger partial charge on any atom is 0.430 e. The Labute approximate surface area is 198 Å². The van der Waals surface area contributed by atoms with Crippen molar-refractivity contribution < 1.29 is 32.2 Å². The maximum atomic E-state index is 14.6. The summed E-state index contributed by atoms with van der Waals surface area (Å²) in [4.78, 5) is 27.5. The van der Waals surface area contributed by atoms with Crippen LogP contribution >= 0.6 is 15.9 Å². The molecule has 0 spiro atoms. The topological polar surface area (TPSA) is 55.8 Å². The number of esters is 1. The van der Waals surface area contributed by atoms with Gasteiger partial charge in [0.25, 0.3) is 11.5 Å². The van der Waals surface area contributed by atoms with E-state index in [4.69, 9.17) is 9.47 Å². The van der Waals surface area contributed by atoms with Gasteiger partial charge in [0.1, 0.15) is 0 Å². The molecule has 0 fully saturated rings. The average molecular weight is 526 g/mol. The Morgan fingerprint density at radius 1 is 0.970 bits per heavy atom. The quantitative estimate of drug-likeness (QED) is 0.479. The van der Waals surface area contributed by atoms with Gasteiger partial charge in [-0.1, -0.05) is 54.6 Å². The van der Waals surface area contributed by atoms with E-state index in [0.29, 0.717) is 15.6 Å². The summed E-state index contributed by atoms with van der Waals surface area (Å²) in [5.41, 5.74) is -3.92. The summed E-state index contributed by atoms with van der Waals surface area (Å²) < 4.78 is 54.2. The predicted molar refractivity (Wildman–Crippen MR) is 120 cm³/mol. The molecule has 0 radical (unpaired) electrons. The molecule has 1 amide bonds. The Balaban J connectivity index is 2.30. The zero-order valence-corrected chi connectivity index (χ0v) is 20.0. The molecule has 0 aliphatic carbocycles. The summed E-state index contributed by atoms with van der Waals surface area (Å²) in [6, 6.07) is 12.5. The molecule has 9 heteroatoms. The smallest absolute Gasteiger partial charge is 0.430 e. The summed E-state index contributed by atoms with van der Waals surface area (Å²) in [6.07, 6.45) is -3.83. The highest BCUT2D eigenvalue weighted by Crippen LogP contribution is 2.51. The van der Waals surface area contributed by atoms with Gasteiger partial charge in [-0.15, -0.1) is 0 Å². The lowest BCUT2D eigenvalue weighted by Crippen LogP contribution is -2.58. The molecule has 3 rings (SSSR count). The lowest BCUT2D eigenvalue weighted by molar-refractivity contribution is -0.270. The number of methoxy groups -OCH3 is 2. The molecule has 2 aromatic rings. The van der Waals surface area contributed by atoms with Crippen LogP contribution in [0.3, 0.4) is 0 Å². The summed E-state index contributed by atoms with van der Waals surface area (Å²) >= 11 is 3.37. The minimum absolute atomic E-state index is 0.372. The minimum atomic E-state index is -5.10. The zero-order valence-electron chi connectivity index (χ0n) is 18.4. The largest absolute Gasteiger partial charge is 0.469 e. The van der Waals surface area contributed by atoms with Crippen molar-refractivity contribution in [2.75, 3.05) is 14.2 Å². The number of hydrogen-bond donors (Lipinski definition) is 0. The van der Waals surface area contributed by atoms with Crippen LogP contribution in [-0.2, 0) is 24.7 Å². The second-order valence-electron chi connectivity index (χ2n) is 8.14. The van der Waals surface area contributed by atoms with E-state index in [1.807, 2.05) is 0 Å². The van der Waals surface area contributed by atoms with Crippen molar-refractivity contribution in [2.45, 2.75) is 31.7 Å². The second kappa shape index (κ2) is 8.95. The molecular weight excluding hydrogens is 503 g/mol. The number of nitrogens with zero attached hydrogens (tertiary/aromatic N) is 1. The monoisotopic (exact) mass is 525 g/mol. The van der Waals surface area contributed by atoms with Gasteiger partial charge in [0.05, 0.1) is 18.6 Å². The molecule has 0 N–H and O–H groups in total. The first kappa shape index (κ1) is 25.0. The number of fused-ring (bicyclic) bond motifs is 1. The van der Waals surface area contributed by atoms with Gasteiger partial charge in [-0.25, -0.2) is 0 Å². The van der Waals surface area contributed by atoms with Crippen molar-refractivity contribution in [3.05, 3.63) is 77.5 Å². The number of hydrogen-bond acceptors (Lipinski definition) is 4. The van der Waals surface area contributed by atoms with Crippen LogP contribution in [0, 0.1) is 5.41 Å². The van der Waals surface area contributed by atoms with E-state index in [9.17, 15) is 22.8 Å². The Bertz CT molecular complexity index is 1080. The molecule has 1 unspecified atom stereocenters. The standard InChI is InChI=1S/C24H23BrF3NO4/c1-22(2,21(31)32-3)19-17-13-9-8-12-16(17)18(25)14-29(19)20(30)23(33-4,24(26,27)28)15-10-6-5-7-11-15/h5-14,19H,1-4H3/t19?,23-/m1/s1. The Hall–Kier alpha value is -2.65. The second-order valence-corrected chi connectivity index (χ2v) is 9.00. The lowest BCUT2D eigenvalue weighted by Gasteiger charge is -2.45. The third kappa shape index (κ3) is 3.97. The number of alkyl halides is 3. The van der Waals surface area contributed by atoms with Crippen LogP contribution in [0.4, 0.5) is 13.2 Å². The van der Waals surface area contributed by atoms with Gasteiger partial charge >= 0.3 is 12.1 Å². The lowest BCUT2D eigenvalue weighted by atomic mass is 9.76. The summed E-state index contributed by atoms with van der Waals surface area (Å²) in [5, 5.41) is 0. The fourth-order valence-electron chi connectivity index (χ4n) is 4.24. The molecule has 1 aliphatic rings. The first-order chi connectivity index (χ1) is 15.4. The van der Waals surface area contributed by atoms with Crippen molar-refractivity contribution in [3.8, 4) is 0 Å². The van der Waals surface area contributed by atoms with Gasteiger partial charge < -0.3 is 14.4 Å². The molecule has 0 saturated heterocycles. The van der Waals surface area contributed by atoms with Gasteiger partial charge in [0.15, 0.2) is 0 Å². The van der Waals surface area contributed by atoms with E-state index in [2.05, 4.69) is 15.9 Å². The van der Waals surface area contributed by atoms with E-state index in [0.717, 1.165) is 12.0 Å².